The van der Waals surface area contributed by atoms with E-state index in [0.29, 0.717) is 26.2 Å². The van der Waals surface area contributed by atoms with Gasteiger partial charge in [-0.15, -0.1) is 0 Å². The van der Waals surface area contributed by atoms with E-state index in [1.54, 1.807) is 0 Å². The summed E-state index contributed by atoms with van der Waals surface area (Å²) in [5.41, 5.74) is 0. The van der Waals surface area contributed by atoms with E-state index in [1.807, 2.05) is 0 Å². The Morgan fingerprint density at radius 3 is 2.33 bits per heavy atom. The van der Waals surface area contributed by atoms with E-state index in [0.717, 1.165) is 19.1 Å². The molecule has 0 fully saturated rings. The molecule has 0 spiro atoms. The Kier molecular flexibility index (Phi) is 8.95. The average Bonchev–Trinajstić information content (AvgIpc) is 2.25. The molecule has 0 unspecified atom stereocenters. The van der Waals surface area contributed by atoms with Crippen LogP contribution in [-0.4, -0.2) is 56.4 Å². The number of rotatable bonds is 11. The minimum absolute atomic E-state index is 0.0170. The van der Waals surface area contributed by atoms with Crippen molar-refractivity contribution in [2.24, 2.45) is 0 Å². The number of hydrogen-bond donors (Lipinski definition) is 1. The lowest BCUT2D eigenvalue weighted by atomic mass is 10.3. The number of sulfonamides is 1. The van der Waals surface area contributed by atoms with Crippen LogP contribution in [0.1, 0.15) is 32.6 Å². The second-order valence-electron chi connectivity index (χ2n) is 4.13. The van der Waals surface area contributed by atoms with E-state index >= 15 is 0 Å². The Morgan fingerprint density at radius 2 is 1.83 bits per heavy atom. The quantitative estimate of drug-likeness (QED) is 0.570. The van der Waals surface area contributed by atoms with Gasteiger partial charge in [-0.2, -0.15) is 0 Å². The Labute approximate surface area is 109 Å². The topological polar surface area (TPSA) is 83.9 Å². The van der Waals surface area contributed by atoms with Crippen molar-refractivity contribution in [2.45, 2.75) is 32.6 Å². The van der Waals surface area contributed by atoms with Crippen LogP contribution in [0.5, 0.6) is 0 Å². The van der Waals surface area contributed by atoms with Gasteiger partial charge in [0, 0.05) is 26.3 Å². The molecule has 0 aliphatic carbocycles. The van der Waals surface area contributed by atoms with Crippen LogP contribution in [0.25, 0.3) is 0 Å². The highest BCUT2D eigenvalue weighted by Crippen LogP contribution is 2.02. The number of ether oxygens (including phenoxy) is 1. The zero-order valence-electron chi connectivity index (χ0n) is 11.1. The summed E-state index contributed by atoms with van der Waals surface area (Å²) in [6, 6.07) is 0. The van der Waals surface area contributed by atoms with Gasteiger partial charge in [-0.3, -0.25) is 4.79 Å². The molecule has 0 saturated carbocycles. The summed E-state index contributed by atoms with van der Waals surface area (Å²) < 4.78 is 29.3. The number of carboxylic acids is 1. The number of carboxylic acid groups (broad SMARTS) is 1. The first-order valence-electron chi connectivity index (χ1n) is 6.12. The molecule has 18 heavy (non-hydrogen) atoms. The molecular formula is C11H23NO5S. The summed E-state index contributed by atoms with van der Waals surface area (Å²) >= 11 is 0. The molecule has 0 rings (SSSR count). The third-order valence-corrected chi connectivity index (χ3v) is 3.69. The van der Waals surface area contributed by atoms with Gasteiger partial charge in [-0.1, -0.05) is 13.3 Å². The molecule has 0 atom stereocenters. The molecule has 1 N–H and O–H groups in total. The fraction of sp³-hybridized carbons (Fsp3) is 0.909. The first-order valence-corrected chi connectivity index (χ1v) is 7.97. The first-order chi connectivity index (χ1) is 8.38. The van der Waals surface area contributed by atoms with Crippen molar-refractivity contribution in [1.82, 2.24) is 4.31 Å². The van der Waals surface area contributed by atoms with Crippen molar-refractivity contribution >= 4 is 16.0 Å². The summed E-state index contributed by atoms with van der Waals surface area (Å²) in [7, 11) is -3.34. The van der Waals surface area contributed by atoms with Gasteiger partial charge in [-0.25, -0.2) is 12.7 Å². The third-order valence-electron chi connectivity index (χ3n) is 2.38. The molecule has 0 aromatic rings. The number of carbonyl (C=O) groups is 1. The highest BCUT2D eigenvalue weighted by atomic mass is 32.2. The van der Waals surface area contributed by atoms with Gasteiger partial charge in [-0.05, 0) is 12.8 Å². The van der Waals surface area contributed by atoms with Crippen molar-refractivity contribution in [2.75, 3.05) is 32.6 Å². The smallest absolute Gasteiger partial charge is 0.304 e. The molecule has 6 nitrogen and oxygen atoms in total. The summed E-state index contributed by atoms with van der Waals surface area (Å²) in [5.74, 6) is -0.997. The van der Waals surface area contributed by atoms with Crippen molar-refractivity contribution in [3.8, 4) is 0 Å². The molecule has 0 aliphatic heterocycles. The van der Waals surface area contributed by atoms with E-state index in [2.05, 4.69) is 6.92 Å². The highest BCUT2D eigenvalue weighted by molar-refractivity contribution is 7.88. The lowest BCUT2D eigenvalue weighted by molar-refractivity contribution is -0.137. The highest BCUT2D eigenvalue weighted by Gasteiger charge is 2.16. The number of unbranched alkanes of at least 4 members (excludes halogenated alkanes) is 1. The molecule has 108 valence electrons. The lowest BCUT2D eigenvalue weighted by Gasteiger charge is -2.18. The Hall–Kier alpha value is -0.660. The summed E-state index contributed by atoms with van der Waals surface area (Å²) in [6.07, 6.45) is 3.55. The lowest BCUT2D eigenvalue weighted by Crippen LogP contribution is -2.33. The van der Waals surface area contributed by atoms with Crippen LogP contribution in [0.4, 0.5) is 0 Å². The first kappa shape index (κ1) is 17.3. The largest absolute Gasteiger partial charge is 0.481 e. The van der Waals surface area contributed by atoms with Crippen LogP contribution in [-0.2, 0) is 19.6 Å². The van der Waals surface area contributed by atoms with E-state index in [9.17, 15) is 13.2 Å². The van der Waals surface area contributed by atoms with E-state index in [1.165, 1.54) is 4.31 Å². The van der Waals surface area contributed by atoms with Gasteiger partial charge < -0.3 is 9.84 Å². The molecule has 0 radical (unpaired) electrons. The maximum atomic E-state index is 11.4. The number of aliphatic carboxylic acids is 1. The minimum atomic E-state index is -3.34. The van der Waals surface area contributed by atoms with Crippen LogP contribution >= 0.6 is 0 Å². The van der Waals surface area contributed by atoms with E-state index in [-0.39, 0.29) is 13.0 Å². The summed E-state index contributed by atoms with van der Waals surface area (Å²) in [4.78, 5) is 10.4. The van der Waals surface area contributed by atoms with Gasteiger partial charge in [0.25, 0.3) is 0 Å². The van der Waals surface area contributed by atoms with Crippen molar-refractivity contribution in [3.05, 3.63) is 0 Å². The average molecular weight is 281 g/mol. The van der Waals surface area contributed by atoms with Gasteiger partial charge >= 0.3 is 5.97 Å². The molecule has 0 amide bonds. The van der Waals surface area contributed by atoms with Crippen LogP contribution in [0, 0.1) is 0 Å². The monoisotopic (exact) mass is 281 g/mol. The second-order valence-corrected chi connectivity index (χ2v) is 6.11. The minimum Gasteiger partial charge on any atom is -0.481 e. The maximum Gasteiger partial charge on any atom is 0.304 e. The molecular weight excluding hydrogens is 258 g/mol. The SMILES string of the molecule is CCCCOCCCN(CCC(=O)O)S(C)(=O)=O. The van der Waals surface area contributed by atoms with Crippen LogP contribution in [0.2, 0.25) is 0 Å². The summed E-state index contributed by atoms with van der Waals surface area (Å²) in [6.45, 7) is 3.58. The molecule has 0 saturated heterocycles. The molecule has 0 aromatic heterocycles. The fourth-order valence-electron chi connectivity index (χ4n) is 1.36. The molecule has 0 aliphatic rings. The maximum absolute atomic E-state index is 11.4. The molecule has 7 heteroatoms. The molecule has 0 aromatic carbocycles. The van der Waals surface area contributed by atoms with Crippen molar-refractivity contribution in [1.29, 1.82) is 0 Å². The van der Waals surface area contributed by atoms with Crippen molar-refractivity contribution < 1.29 is 23.1 Å². The predicted octanol–water partition coefficient (Wildman–Crippen LogP) is 0.929. The fourth-order valence-corrected chi connectivity index (χ4v) is 2.24. The zero-order valence-corrected chi connectivity index (χ0v) is 11.9. The zero-order chi connectivity index (χ0) is 14.0. The number of hydrogen-bond acceptors (Lipinski definition) is 4. The Bertz CT molecular complexity index is 328. The predicted molar refractivity (Wildman–Crippen MR) is 69.0 cm³/mol. The van der Waals surface area contributed by atoms with Gasteiger partial charge in [0.05, 0.1) is 12.7 Å². The molecule has 0 heterocycles. The summed E-state index contributed by atoms with van der Waals surface area (Å²) in [5, 5.41) is 8.55. The second kappa shape index (κ2) is 9.29. The van der Waals surface area contributed by atoms with Crippen molar-refractivity contribution in [3.63, 3.8) is 0 Å². The van der Waals surface area contributed by atoms with Crippen LogP contribution < -0.4 is 0 Å². The Morgan fingerprint density at radius 1 is 1.22 bits per heavy atom. The Balaban J connectivity index is 3.92. The number of nitrogens with zero attached hydrogens (tertiary/aromatic N) is 1. The third kappa shape index (κ3) is 9.38. The van der Waals surface area contributed by atoms with Crippen LogP contribution in [0.3, 0.4) is 0 Å². The van der Waals surface area contributed by atoms with Gasteiger partial charge in [0.15, 0.2) is 0 Å². The van der Waals surface area contributed by atoms with Gasteiger partial charge in [0.1, 0.15) is 0 Å². The van der Waals surface area contributed by atoms with E-state index < -0.39 is 16.0 Å². The normalized spacial score (nSPS) is 11.9. The standard InChI is InChI=1S/C11H23NO5S/c1-3-4-9-17-10-5-7-12(18(2,15)16)8-6-11(13)14/h3-10H2,1-2H3,(H,13,14). The van der Waals surface area contributed by atoms with E-state index in [4.69, 9.17) is 9.84 Å². The molecule has 0 bridgehead atoms. The van der Waals surface area contributed by atoms with Crippen LogP contribution in [0.15, 0.2) is 0 Å². The van der Waals surface area contributed by atoms with Gasteiger partial charge in [0.2, 0.25) is 10.0 Å².